The van der Waals surface area contributed by atoms with E-state index in [1.807, 2.05) is 13.8 Å². The van der Waals surface area contributed by atoms with Gasteiger partial charge in [-0.1, -0.05) is 13.8 Å². The van der Waals surface area contributed by atoms with E-state index in [1.54, 1.807) is 7.05 Å². The van der Waals surface area contributed by atoms with E-state index >= 15 is 0 Å². The molecule has 7 nitrogen and oxygen atoms in total. The molecule has 0 spiro atoms. The number of nitrogens with one attached hydrogen (secondary N) is 2. The fourth-order valence-corrected chi connectivity index (χ4v) is 2.45. The lowest BCUT2D eigenvalue weighted by Crippen LogP contribution is -2.34. The Labute approximate surface area is 114 Å². The van der Waals surface area contributed by atoms with Crippen LogP contribution in [-0.2, 0) is 10.0 Å². The van der Waals surface area contributed by atoms with Gasteiger partial charge in [0, 0.05) is 20.1 Å². The van der Waals surface area contributed by atoms with Crippen molar-refractivity contribution >= 4 is 16.0 Å². The predicted molar refractivity (Wildman–Crippen MR) is 74.6 cm³/mol. The van der Waals surface area contributed by atoms with Gasteiger partial charge in [0.25, 0.3) is 0 Å². The third-order valence-electron chi connectivity index (χ3n) is 2.78. The van der Waals surface area contributed by atoms with Crippen LogP contribution in [0.2, 0.25) is 0 Å². The lowest BCUT2D eigenvalue weighted by molar-refractivity contribution is 0.309. The van der Waals surface area contributed by atoms with Gasteiger partial charge in [0.2, 0.25) is 16.0 Å². The first-order valence-corrected chi connectivity index (χ1v) is 7.73. The molecule has 1 aromatic rings. The first-order valence-electron chi connectivity index (χ1n) is 6.25. The SMILES string of the molecule is CCN(CC)CCNS(=O)(=O)c1cnc(NC)nc1. The molecule has 0 bridgehead atoms. The summed E-state index contributed by atoms with van der Waals surface area (Å²) in [7, 11) is -1.85. The minimum Gasteiger partial charge on any atom is -0.357 e. The summed E-state index contributed by atoms with van der Waals surface area (Å²) in [6.07, 6.45) is 2.58. The second-order valence-electron chi connectivity index (χ2n) is 3.92. The van der Waals surface area contributed by atoms with E-state index in [1.165, 1.54) is 12.4 Å². The summed E-state index contributed by atoms with van der Waals surface area (Å²) in [5, 5.41) is 2.73. The van der Waals surface area contributed by atoms with Crippen molar-refractivity contribution in [1.82, 2.24) is 19.6 Å². The Balaban J connectivity index is 2.60. The zero-order valence-electron chi connectivity index (χ0n) is 11.5. The van der Waals surface area contributed by atoms with Gasteiger partial charge in [-0.3, -0.25) is 0 Å². The molecule has 0 atom stereocenters. The minimum absolute atomic E-state index is 0.0750. The highest BCUT2D eigenvalue weighted by Gasteiger charge is 2.14. The second-order valence-corrected chi connectivity index (χ2v) is 5.68. The van der Waals surface area contributed by atoms with E-state index in [0.717, 1.165) is 13.1 Å². The van der Waals surface area contributed by atoms with Crippen molar-refractivity contribution in [2.45, 2.75) is 18.7 Å². The first-order chi connectivity index (χ1) is 9.03. The van der Waals surface area contributed by atoms with Gasteiger partial charge in [-0.05, 0) is 13.1 Å². The quantitative estimate of drug-likeness (QED) is 0.707. The summed E-state index contributed by atoms with van der Waals surface area (Å²) in [6.45, 7) is 6.94. The fourth-order valence-electron chi connectivity index (χ4n) is 1.55. The number of rotatable bonds is 8. The van der Waals surface area contributed by atoms with E-state index in [9.17, 15) is 8.42 Å². The van der Waals surface area contributed by atoms with Crippen molar-refractivity contribution in [2.75, 3.05) is 38.5 Å². The Kier molecular flexibility index (Phi) is 6.13. The average Bonchev–Trinajstić information content (AvgIpc) is 2.43. The van der Waals surface area contributed by atoms with Crippen molar-refractivity contribution in [3.05, 3.63) is 12.4 Å². The van der Waals surface area contributed by atoms with Crippen molar-refractivity contribution in [3.63, 3.8) is 0 Å². The van der Waals surface area contributed by atoms with Gasteiger partial charge in [0.15, 0.2) is 0 Å². The largest absolute Gasteiger partial charge is 0.357 e. The highest BCUT2D eigenvalue weighted by atomic mass is 32.2. The van der Waals surface area contributed by atoms with Crippen LogP contribution in [0.1, 0.15) is 13.8 Å². The summed E-state index contributed by atoms with van der Waals surface area (Å²) in [4.78, 5) is 9.99. The van der Waals surface area contributed by atoms with Crippen LogP contribution in [-0.4, -0.2) is 56.5 Å². The molecule has 108 valence electrons. The monoisotopic (exact) mass is 287 g/mol. The molecule has 0 saturated heterocycles. The highest BCUT2D eigenvalue weighted by Crippen LogP contribution is 2.06. The second kappa shape index (κ2) is 7.37. The van der Waals surface area contributed by atoms with Gasteiger partial charge < -0.3 is 10.2 Å². The van der Waals surface area contributed by atoms with E-state index in [0.29, 0.717) is 19.0 Å². The lowest BCUT2D eigenvalue weighted by Gasteiger charge is -2.17. The molecule has 0 aliphatic rings. The van der Waals surface area contributed by atoms with Crippen LogP contribution >= 0.6 is 0 Å². The number of sulfonamides is 1. The Bertz CT molecular complexity index is 470. The number of aromatic nitrogens is 2. The summed E-state index contributed by atoms with van der Waals surface area (Å²) >= 11 is 0. The normalized spacial score (nSPS) is 11.8. The van der Waals surface area contributed by atoms with Gasteiger partial charge in [-0.15, -0.1) is 0 Å². The van der Waals surface area contributed by atoms with E-state index in [4.69, 9.17) is 0 Å². The first kappa shape index (κ1) is 15.8. The van der Waals surface area contributed by atoms with Gasteiger partial charge in [-0.2, -0.15) is 0 Å². The molecule has 1 heterocycles. The van der Waals surface area contributed by atoms with Gasteiger partial charge >= 0.3 is 0 Å². The van der Waals surface area contributed by atoms with Crippen LogP contribution < -0.4 is 10.0 Å². The maximum absolute atomic E-state index is 12.0. The van der Waals surface area contributed by atoms with Gasteiger partial charge in [-0.25, -0.2) is 23.1 Å². The van der Waals surface area contributed by atoms with E-state index in [-0.39, 0.29) is 4.90 Å². The molecule has 1 rings (SSSR count). The maximum Gasteiger partial charge on any atom is 0.243 e. The molecule has 8 heteroatoms. The molecule has 0 aliphatic carbocycles. The van der Waals surface area contributed by atoms with Crippen LogP contribution in [0.4, 0.5) is 5.95 Å². The van der Waals surface area contributed by atoms with Gasteiger partial charge in [0.1, 0.15) is 4.90 Å². The lowest BCUT2D eigenvalue weighted by atomic mass is 10.5. The van der Waals surface area contributed by atoms with Crippen molar-refractivity contribution in [1.29, 1.82) is 0 Å². The molecular formula is C11H21N5O2S. The standard InChI is InChI=1S/C11H21N5O2S/c1-4-16(5-2)7-6-15-19(17,18)10-8-13-11(12-3)14-9-10/h8-9,15H,4-7H2,1-3H3,(H,12,13,14). The van der Waals surface area contributed by atoms with Crippen molar-refractivity contribution < 1.29 is 8.42 Å². The fraction of sp³-hybridized carbons (Fsp3) is 0.636. The molecule has 0 amide bonds. The smallest absolute Gasteiger partial charge is 0.243 e. The van der Waals surface area contributed by atoms with E-state index in [2.05, 4.69) is 24.9 Å². The predicted octanol–water partition coefficient (Wildman–Crippen LogP) is 0.138. The minimum atomic E-state index is -3.53. The molecule has 0 saturated carbocycles. The number of nitrogens with zero attached hydrogens (tertiary/aromatic N) is 3. The van der Waals surface area contributed by atoms with Crippen LogP contribution in [0, 0.1) is 0 Å². The molecule has 0 radical (unpaired) electrons. The third kappa shape index (κ3) is 4.73. The highest BCUT2D eigenvalue weighted by molar-refractivity contribution is 7.89. The topological polar surface area (TPSA) is 87.2 Å². The Morgan fingerprint density at radius 3 is 2.26 bits per heavy atom. The zero-order chi connectivity index (χ0) is 14.3. The molecule has 0 aliphatic heterocycles. The van der Waals surface area contributed by atoms with Gasteiger partial charge in [0.05, 0.1) is 12.4 Å². The summed E-state index contributed by atoms with van der Waals surface area (Å²) in [6, 6.07) is 0. The molecule has 0 aromatic carbocycles. The Morgan fingerprint density at radius 1 is 1.21 bits per heavy atom. The maximum atomic E-state index is 12.0. The van der Waals surface area contributed by atoms with Crippen LogP contribution in [0.5, 0.6) is 0 Å². The summed E-state index contributed by atoms with van der Waals surface area (Å²) in [5.41, 5.74) is 0. The third-order valence-corrected chi connectivity index (χ3v) is 4.19. The molecule has 2 N–H and O–H groups in total. The molecular weight excluding hydrogens is 266 g/mol. The molecule has 0 unspecified atom stereocenters. The number of anilines is 1. The molecule has 1 aromatic heterocycles. The van der Waals surface area contributed by atoms with E-state index < -0.39 is 10.0 Å². The Hall–Kier alpha value is -1.25. The number of hydrogen-bond donors (Lipinski definition) is 2. The molecule has 0 fully saturated rings. The van der Waals surface area contributed by atoms with Crippen molar-refractivity contribution in [2.24, 2.45) is 0 Å². The summed E-state index contributed by atoms with van der Waals surface area (Å²) in [5.74, 6) is 0.391. The zero-order valence-corrected chi connectivity index (χ0v) is 12.4. The summed E-state index contributed by atoms with van der Waals surface area (Å²) < 4.78 is 26.5. The number of hydrogen-bond acceptors (Lipinski definition) is 6. The van der Waals surface area contributed by atoms with Crippen LogP contribution in [0.25, 0.3) is 0 Å². The average molecular weight is 287 g/mol. The van der Waals surface area contributed by atoms with Crippen molar-refractivity contribution in [3.8, 4) is 0 Å². The Morgan fingerprint density at radius 2 is 1.79 bits per heavy atom. The van der Waals surface area contributed by atoms with Crippen LogP contribution in [0.3, 0.4) is 0 Å². The number of likely N-dealkylation sites (N-methyl/N-ethyl adjacent to an activating group) is 1. The molecule has 19 heavy (non-hydrogen) atoms. The van der Waals surface area contributed by atoms with Crippen LogP contribution in [0.15, 0.2) is 17.3 Å².